The molecule has 1 saturated carbocycles. The third-order valence-corrected chi connectivity index (χ3v) is 10.5. The number of nitrogens with zero attached hydrogens (tertiary/aromatic N) is 1. The van der Waals surface area contributed by atoms with Gasteiger partial charge in [-0.2, -0.15) is 0 Å². The van der Waals surface area contributed by atoms with Gasteiger partial charge >= 0.3 is 6.09 Å². The number of carbonyl (C=O) groups is 2. The zero-order chi connectivity index (χ0) is 33.6. The molecule has 0 radical (unpaired) electrons. The van der Waals surface area contributed by atoms with Gasteiger partial charge in [-0.05, 0) is 112 Å². The van der Waals surface area contributed by atoms with Crippen molar-refractivity contribution in [3.05, 3.63) is 112 Å². The third-order valence-electron chi connectivity index (χ3n) is 10.5. The second-order valence-electron chi connectivity index (χ2n) is 13.5. The highest BCUT2D eigenvalue weighted by molar-refractivity contribution is 6.10. The number of ketones is 1. The van der Waals surface area contributed by atoms with Gasteiger partial charge in [0.2, 0.25) is 0 Å². The van der Waals surface area contributed by atoms with Gasteiger partial charge in [0.25, 0.3) is 0 Å². The molecular weight excluding hydrogens is 590 g/mol. The summed E-state index contributed by atoms with van der Waals surface area (Å²) in [6.07, 6.45) is 5.62. The van der Waals surface area contributed by atoms with E-state index in [1.807, 2.05) is 48.5 Å². The maximum absolute atomic E-state index is 14.3. The van der Waals surface area contributed by atoms with E-state index in [9.17, 15) is 19.8 Å². The summed E-state index contributed by atoms with van der Waals surface area (Å²) in [7, 11) is 1.60. The number of benzene rings is 3. The highest BCUT2D eigenvalue weighted by Crippen LogP contribution is 2.59. The minimum absolute atomic E-state index is 0.100. The fourth-order valence-corrected chi connectivity index (χ4v) is 7.61. The fraction of sp³-hybridized carbons (Fsp3) is 0.450. The molecule has 0 spiro atoms. The average Bonchev–Trinajstić information content (AvgIpc) is 3.32. The van der Waals surface area contributed by atoms with Crippen LogP contribution in [0.5, 0.6) is 5.75 Å². The second kappa shape index (κ2) is 14.9. The van der Waals surface area contributed by atoms with Crippen molar-refractivity contribution >= 4 is 11.9 Å². The number of amides is 1. The Morgan fingerprint density at radius 2 is 1.74 bits per heavy atom. The van der Waals surface area contributed by atoms with Crippen molar-refractivity contribution in [3.8, 4) is 5.75 Å². The Balaban J connectivity index is 1.59. The van der Waals surface area contributed by atoms with E-state index >= 15 is 0 Å². The highest BCUT2D eigenvalue weighted by atomic mass is 16.6. The second-order valence-corrected chi connectivity index (χ2v) is 13.5. The molecule has 2 N–H and O–H groups in total. The Bertz CT molecular complexity index is 1570. The number of methoxy groups -OCH3 is 1. The first kappa shape index (κ1) is 34.4. The van der Waals surface area contributed by atoms with Crippen molar-refractivity contribution < 1.29 is 29.3 Å². The monoisotopic (exact) mass is 639 g/mol. The molecule has 0 saturated heterocycles. The number of hydrogen-bond acceptors (Lipinski definition) is 6. The topological polar surface area (TPSA) is 96.3 Å². The SMILES string of the molecule is CCOC(=O)N(Cc1ccccc1)CC1(O)CCC2c3ccc(cc3C(=O)c3ccc(OC)cc3)CC(O)CCC(C)=CCCC21C. The van der Waals surface area contributed by atoms with Crippen molar-refractivity contribution in [1.82, 2.24) is 4.90 Å². The summed E-state index contributed by atoms with van der Waals surface area (Å²) >= 11 is 0. The lowest BCUT2D eigenvalue weighted by molar-refractivity contribution is -0.0821. The van der Waals surface area contributed by atoms with Gasteiger partial charge in [0.1, 0.15) is 5.75 Å². The summed E-state index contributed by atoms with van der Waals surface area (Å²) in [6.45, 7) is 6.69. The van der Waals surface area contributed by atoms with Gasteiger partial charge in [-0.25, -0.2) is 4.79 Å². The number of fused-ring (bicyclic) bond motifs is 8. The van der Waals surface area contributed by atoms with Crippen LogP contribution in [-0.2, 0) is 17.7 Å². The number of allylic oxidation sites excluding steroid dienone is 2. The molecule has 1 amide bonds. The van der Waals surface area contributed by atoms with Crippen molar-refractivity contribution in [2.75, 3.05) is 20.3 Å². The Morgan fingerprint density at radius 3 is 2.45 bits per heavy atom. The van der Waals surface area contributed by atoms with Crippen LogP contribution in [0.3, 0.4) is 0 Å². The van der Waals surface area contributed by atoms with Gasteiger partial charge in [0, 0.05) is 23.1 Å². The first-order valence-corrected chi connectivity index (χ1v) is 16.9. The van der Waals surface area contributed by atoms with E-state index < -0.39 is 23.2 Å². The van der Waals surface area contributed by atoms with Crippen molar-refractivity contribution in [2.45, 2.75) is 89.9 Å². The van der Waals surface area contributed by atoms with E-state index in [1.54, 1.807) is 43.2 Å². The summed E-state index contributed by atoms with van der Waals surface area (Å²) in [4.78, 5) is 29.2. The van der Waals surface area contributed by atoms with Crippen LogP contribution in [0.2, 0.25) is 0 Å². The molecule has 6 rings (SSSR count). The van der Waals surface area contributed by atoms with Gasteiger partial charge in [0.05, 0.1) is 32.0 Å². The molecule has 2 bridgehead atoms. The number of rotatable bonds is 8. The molecule has 0 aliphatic heterocycles. The van der Waals surface area contributed by atoms with Crippen LogP contribution in [0.1, 0.15) is 97.8 Å². The highest BCUT2D eigenvalue weighted by Gasteiger charge is 2.57. The number of ether oxygens (including phenoxy) is 2. The van der Waals surface area contributed by atoms with E-state index in [-0.39, 0.29) is 24.9 Å². The average molecular weight is 640 g/mol. The molecule has 4 unspecified atom stereocenters. The zero-order valence-electron chi connectivity index (χ0n) is 28.2. The molecule has 47 heavy (non-hydrogen) atoms. The van der Waals surface area contributed by atoms with Crippen LogP contribution < -0.4 is 4.74 Å². The van der Waals surface area contributed by atoms with Crippen LogP contribution in [0.15, 0.2) is 84.4 Å². The smallest absolute Gasteiger partial charge is 0.410 e. The van der Waals surface area contributed by atoms with Crippen LogP contribution in [0.4, 0.5) is 4.79 Å². The first-order chi connectivity index (χ1) is 22.6. The summed E-state index contributed by atoms with van der Waals surface area (Å²) in [5, 5.41) is 23.7. The number of aliphatic hydroxyl groups is 2. The normalized spacial score (nSPS) is 24.5. The summed E-state index contributed by atoms with van der Waals surface area (Å²) in [5.41, 5.74) is 3.20. The number of aliphatic hydroxyl groups excluding tert-OH is 1. The maximum Gasteiger partial charge on any atom is 0.410 e. The molecule has 0 aromatic heterocycles. The van der Waals surface area contributed by atoms with Crippen LogP contribution in [0, 0.1) is 5.41 Å². The molecule has 3 aromatic rings. The van der Waals surface area contributed by atoms with Gasteiger partial charge in [-0.15, -0.1) is 0 Å². The molecule has 7 nitrogen and oxygen atoms in total. The van der Waals surface area contributed by atoms with E-state index in [0.29, 0.717) is 55.5 Å². The molecule has 1 fully saturated rings. The molecule has 250 valence electrons. The predicted molar refractivity (Wildman–Crippen MR) is 184 cm³/mol. The lowest BCUT2D eigenvalue weighted by atomic mass is 9.64. The van der Waals surface area contributed by atoms with Gasteiger partial charge in [-0.3, -0.25) is 4.79 Å². The fourth-order valence-electron chi connectivity index (χ4n) is 7.61. The first-order valence-electron chi connectivity index (χ1n) is 16.9. The van der Waals surface area contributed by atoms with E-state index in [0.717, 1.165) is 29.5 Å². The summed E-state index contributed by atoms with van der Waals surface area (Å²) in [6, 6.07) is 22.9. The van der Waals surface area contributed by atoms with Crippen LogP contribution in [-0.4, -0.2) is 59.0 Å². The van der Waals surface area contributed by atoms with Crippen molar-refractivity contribution in [2.24, 2.45) is 5.41 Å². The third kappa shape index (κ3) is 7.63. The number of carbonyl (C=O) groups excluding carboxylic acids is 2. The summed E-state index contributed by atoms with van der Waals surface area (Å²) in [5.74, 6) is 0.421. The quantitative estimate of drug-likeness (QED) is 0.194. The van der Waals surface area contributed by atoms with Gasteiger partial charge in [-0.1, -0.05) is 61.0 Å². The number of hydrogen-bond donors (Lipinski definition) is 2. The lowest BCUT2D eigenvalue weighted by Crippen LogP contribution is -2.53. The Labute approximate surface area is 279 Å². The van der Waals surface area contributed by atoms with Crippen LogP contribution in [0.25, 0.3) is 0 Å². The largest absolute Gasteiger partial charge is 0.497 e. The van der Waals surface area contributed by atoms with E-state index in [1.165, 1.54) is 5.57 Å². The van der Waals surface area contributed by atoms with Gasteiger partial charge in [0.15, 0.2) is 5.78 Å². The Hall–Kier alpha value is -3.94. The van der Waals surface area contributed by atoms with E-state index in [2.05, 4.69) is 19.9 Å². The molecule has 3 aromatic carbocycles. The molecule has 7 heteroatoms. The standard InChI is InChI=1S/C40H49NO6/c1-5-47-38(44)41(26-29-11-7-6-8-12-29)27-40(45)23-21-36-34-20-14-30(24-32(42)17-13-28(2)10-9-22-39(36,40)3)25-35(34)37(43)31-15-18-33(46-4)19-16-31/h6-8,10-12,14-16,18-20,25,32,36,42,45H,5,9,13,17,21-24,26-27H2,1-4H3. The Morgan fingerprint density at radius 1 is 1.00 bits per heavy atom. The minimum atomic E-state index is -1.24. The van der Waals surface area contributed by atoms with E-state index in [4.69, 9.17) is 9.47 Å². The predicted octanol–water partition coefficient (Wildman–Crippen LogP) is 7.62. The summed E-state index contributed by atoms with van der Waals surface area (Å²) < 4.78 is 10.8. The lowest BCUT2D eigenvalue weighted by Gasteiger charge is -2.46. The maximum atomic E-state index is 14.3. The molecular formula is C40H49NO6. The molecule has 0 heterocycles. The van der Waals surface area contributed by atoms with Crippen molar-refractivity contribution in [3.63, 3.8) is 0 Å². The van der Waals surface area contributed by atoms with Crippen LogP contribution >= 0.6 is 0 Å². The molecule has 4 atom stereocenters. The van der Waals surface area contributed by atoms with Gasteiger partial charge < -0.3 is 24.6 Å². The molecule has 3 aliphatic carbocycles. The Kier molecular flexibility index (Phi) is 10.9. The zero-order valence-corrected chi connectivity index (χ0v) is 28.2. The van der Waals surface area contributed by atoms with Crippen molar-refractivity contribution in [1.29, 1.82) is 0 Å². The molecule has 3 aliphatic rings. The minimum Gasteiger partial charge on any atom is -0.497 e.